The molecule has 0 bridgehead atoms. The minimum atomic E-state index is 0.354. The van der Waals surface area contributed by atoms with Crippen LogP contribution >= 0.6 is 0 Å². The Labute approximate surface area is 149 Å². The van der Waals surface area contributed by atoms with E-state index >= 15 is 0 Å². The number of hydrogen-bond acceptors (Lipinski definition) is 2. The predicted molar refractivity (Wildman–Crippen MR) is 98.3 cm³/mol. The standard InChI is InChI=1S/C21H27N3O/c25-21(16-19-7-6-18-4-1-2-5-20(18)19)23-13-8-17(9-14-23)10-15-24-12-3-11-22-24/h1-5,11-12,17,19H,6-10,13-16H2. The van der Waals surface area contributed by atoms with Crippen molar-refractivity contribution >= 4 is 5.91 Å². The lowest BCUT2D eigenvalue weighted by Gasteiger charge is -2.32. The molecule has 0 radical (unpaired) electrons. The average Bonchev–Trinajstić information content (AvgIpc) is 3.31. The summed E-state index contributed by atoms with van der Waals surface area (Å²) in [7, 11) is 0. The monoisotopic (exact) mass is 337 g/mol. The van der Waals surface area contributed by atoms with E-state index in [0.717, 1.165) is 51.2 Å². The molecule has 1 fully saturated rings. The van der Waals surface area contributed by atoms with Gasteiger partial charge in [0.2, 0.25) is 5.91 Å². The number of rotatable bonds is 5. The molecule has 1 amide bonds. The van der Waals surface area contributed by atoms with Crippen LogP contribution in [0.4, 0.5) is 0 Å². The van der Waals surface area contributed by atoms with Gasteiger partial charge in [-0.15, -0.1) is 0 Å². The smallest absolute Gasteiger partial charge is 0.223 e. The predicted octanol–water partition coefficient (Wildman–Crippen LogP) is 3.63. The number of aryl methyl sites for hydroxylation is 2. The molecule has 0 saturated carbocycles. The van der Waals surface area contributed by atoms with Crippen molar-refractivity contribution in [2.45, 2.75) is 51.0 Å². The second-order valence-corrected chi connectivity index (χ2v) is 7.52. The number of benzene rings is 1. The minimum Gasteiger partial charge on any atom is -0.343 e. The van der Waals surface area contributed by atoms with E-state index in [2.05, 4.69) is 34.3 Å². The van der Waals surface area contributed by atoms with Gasteiger partial charge in [-0.05, 0) is 61.1 Å². The lowest BCUT2D eigenvalue weighted by atomic mass is 9.92. The number of piperidine rings is 1. The maximum absolute atomic E-state index is 12.7. The van der Waals surface area contributed by atoms with E-state index in [1.165, 1.54) is 17.5 Å². The normalized spacial score (nSPS) is 20.6. The van der Waals surface area contributed by atoms with Gasteiger partial charge in [-0.25, -0.2) is 0 Å². The first-order valence-electron chi connectivity index (χ1n) is 9.62. The van der Waals surface area contributed by atoms with Gasteiger partial charge in [-0.2, -0.15) is 5.10 Å². The zero-order chi connectivity index (χ0) is 17.1. The summed E-state index contributed by atoms with van der Waals surface area (Å²) in [6.45, 7) is 2.85. The van der Waals surface area contributed by atoms with Crippen molar-refractivity contribution in [1.82, 2.24) is 14.7 Å². The summed E-state index contributed by atoms with van der Waals surface area (Å²) in [5.74, 6) is 1.51. The molecule has 4 nitrogen and oxygen atoms in total. The van der Waals surface area contributed by atoms with Crippen LogP contribution in [0.15, 0.2) is 42.7 Å². The molecule has 132 valence electrons. The number of hydrogen-bond donors (Lipinski definition) is 0. The fourth-order valence-corrected chi connectivity index (χ4v) is 4.42. The molecule has 2 heterocycles. The van der Waals surface area contributed by atoms with E-state index in [1.54, 1.807) is 0 Å². The summed E-state index contributed by atoms with van der Waals surface area (Å²) in [6.07, 6.45) is 10.2. The molecular formula is C21H27N3O. The van der Waals surface area contributed by atoms with Crippen LogP contribution in [-0.2, 0) is 17.8 Å². The third-order valence-corrected chi connectivity index (χ3v) is 5.97. The Bertz CT molecular complexity index is 702. The molecule has 1 aromatic carbocycles. The van der Waals surface area contributed by atoms with Crippen LogP contribution in [0.25, 0.3) is 0 Å². The molecule has 1 atom stereocenters. The fourth-order valence-electron chi connectivity index (χ4n) is 4.42. The molecule has 1 aliphatic carbocycles. The highest BCUT2D eigenvalue weighted by molar-refractivity contribution is 5.77. The largest absolute Gasteiger partial charge is 0.343 e. The summed E-state index contributed by atoms with van der Waals surface area (Å²) in [5, 5.41) is 4.27. The Hall–Kier alpha value is -2.10. The zero-order valence-electron chi connectivity index (χ0n) is 14.8. The van der Waals surface area contributed by atoms with Gasteiger partial charge in [0.15, 0.2) is 0 Å². The Morgan fingerprint density at radius 2 is 1.96 bits per heavy atom. The topological polar surface area (TPSA) is 38.1 Å². The summed E-state index contributed by atoms with van der Waals surface area (Å²) >= 11 is 0. The quantitative estimate of drug-likeness (QED) is 0.835. The second-order valence-electron chi connectivity index (χ2n) is 7.52. The Kier molecular flexibility index (Phi) is 4.86. The molecule has 0 spiro atoms. The van der Waals surface area contributed by atoms with Gasteiger partial charge in [-0.3, -0.25) is 9.48 Å². The first-order chi connectivity index (χ1) is 12.3. The number of carbonyl (C=O) groups excluding carboxylic acids is 1. The number of carbonyl (C=O) groups is 1. The van der Waals surface area contributed by atoms with Gasteiger partial charge in [-0.1, -0.05) is 24.3 Å². The van der Waals surface area contributed by atoms with Gasteiger partial charge in [0.25, 0.3) is 0 Å². The van der Waals surface area contributed by atoms with Gasteiger partial charge in [0, 0.05) is 38.4 Å². The molecular weight excluding hydrogens is 310 g/mol. The zero-order valence-corrected chi connectivity index (χ0v) is 14.8. The van der Waals surface area contributed by atoms with Crippen molar-refractivity contribution in [2.24, 2.45) is 5.92 Å². The Morgan fingerprint density at radius 1 is 1.12 bits per heavy atom. The maximum atomic E-state index is 12.7. The van der Waals surface area contributed by atoms with E-state index in [9.17, 15) is 4.79 Å². The summed E-state index contributed by atoms with van der Waals surface area (Å²) in [4.78, 5) is 14.8. The SMILES string of the molecule is O=C(CC1CCc2ccccc21)N1CCC(CCn2cccn2)CC1. The van der Waals surface area contributed by atoms with Crippen LogP contribution in [0.1, 0.15) is 49.1 Å². The molecule has 0 N–H and O–H groups in total. The van der Waals surface area contributed by atoms with Crippen LogP contribution in [0.5, 0.6) is 0 Å². The van der Waals surface area contributed by atoms with Crippen molar-refractivity contribution in [3.63, 3.8) is 0 Å². The van der Waals surface area contributed by atoms with E-state index < -0.39 is 0 Å². The van der Waals surface area contributed by atoms with Gasteiger partial charge in [0.05, 0.1) is 0 Å². The van der Waals surface area contributed by atoms with Gasteiger partial charge < -0.3 is 4.90 Å². The van der Waals surface area contributed by atoms with Crippen molar-refractivity contribution in [2.75, 3.05) is 13.1 Å². The van der Waals surface area contributed by atoms with E-state index in [-0.39, 0.29) is 0 Å². The number of aromatic nitrogens is 2. The number of fused-ring (bicyclic) bond motifs is 1. The number of likely N-dealkylation sites (tertiary alicyclic amines) is 1. The first-order valence-corrected chi connectivity index (χ1v) is 9.62. The highest BCUT2D eigenvalue weighted by Gasteiger charge is 2.28. The molecule has 25 heavy (non-hydrogen) atoms. The lowest BCUT2D eigenvalue weighted by Crippen LogP contribution is -2.39. The lowest BCUT2D eigenvalue weighted by molar-refractivity contribution is -0.133. The summed E-state index contributed by atoms with van der Waals surface area (Å²) < 4.78 is 2.01. The molecule has 2 aromatic rings. The number of amides is 1. The molecule has 1 aromatic heterocycles. The minimum absolute atomic E-state index is 0.354. The third kappa shape index (κ3) is 3.78. The van der Waals surface area contributed by atoms with Crippen LogP contribution in [-0.4, -0.2) is 33.7 Å². The maximum Gasteiger partial charge on any atom is 0.223 e. The van der Waals surface area contributed by atoms with Gasteiger partial charge in [0.1, 0.15) is 0 Å². The molecule has 1 aliphatic heterocycles. The number of nitrogens with zero attached hydrogens (tertiary/aromatic N) is 3. The first kappa shape index (κ1) is 16.4. The van der Waals surface area contributed by atoms with Crippen molar-refractivity contribution in [3.05, 3.63) is 53.9 Å². The average molecular weight is 337 g/mol. The van der Waals surface area contributed by atoms with Crippen molar-refractivity contribution < 1.29 is 4.79 Å². The van der Waals surface area contributed by atoms with E-state index in [1.807, 2.05) is 23.1 Å². The summed E-state index contributed by atoms with van der Waals surface area (Å²) in [6, 6.07) is 10.6. The molecule has 4 heteroatoms. The fraction of sp³-hybridized carbons (Fsp3) is 0.524. The highest BCUT2D eigenvalue weighted by Crippen LogP contribution is 2.36. The molecule has 1 unspecified atom stereocenters. The van der Waals surface area contributed by atoms with Gasteiger partial charge >= 0.3 is 0 Å². The van der Waals surface area contributed by atoms with Crippen molar-refractivity contribution in [1.29, 1.82) is 0 Å². The summed E-state index contributed by atoms with van der Waals surface area (Å²) in [5.41, 5.74) is 2.85. The van der Waals surface area contributed by atoms with Crippen molar-refractivity contribution in [3.8, 4) is 0 Å². The van der Waals surface area contributed by atoms with Crippen LogP contribution in [0, 0.1) is 5.92 Å². The molecule has 1 saturated heterocycles. The molecule has 4 rings (SSSR count). The van der Waals surface area contributed by atoms with Crippen LogP contribution in [0.2, 0.25) is 0 Å². The highest BCUT2D eigenvalue weighted by atomic mass is 16.2. The van der Waals surface area contributed by atoms with Crippen LogP contribution < -0.4 is 0 Å². The molecule has 2 aliphatic rings. The Morgan fingerprint density at radius 3 is 2.76 bits per heavy atom. The van der Waals surface area contributed by atoms with E-state index in [0.29, 0.717) is 18.2 Å². The van der Waals surface area contributed by atoms with E-state index in [4.69, 9.17) is 0 Å². The Balaban J connectivity index is 1.24. The second kappa shape index (κ2) is 7.42. The van der Waals surface area contributed by atoms with Crippen LogP contribution in [0.3, 0.4) is 0 Å². The third-order valence-electron chi connectivity index (χ3n) is 5.97.